The largest absolute Gasteiger partial charge is 0.325 e. The molecule has 6 heteroatoms. The summed E-state index contributed by atoms with van der Waals surface area (Å²) in [5, 5.41) is 10.7. The molecule has 0 saturated carbocycles. The first-order valence-corrected chi connectivity index (χ1v) is 15.2. The van der Waals surface area contributed by atoms with Crippen LogP contribution < -0.4 is 10.6 Å². The normalized spacial score (nSPS) is 16.7. The molecule has 2 fully saturated rings. The molecule has 0 spiro atoms. The second kappa shape index (κ2) is 12.6. The predicted molar refractivity (Wildman–Crippen MR) is 168 cm³/mol. The maximum atomic E-state index is 13.0. The third-order valence-electron chi connectivity index (χ3n) is 9.09. The van der Waals surface area contributed by atoms with Crippen LogP contribution in [0.1, 0.15) is 44.9 Å². The maximum absolute atomic E-state index is 13.0. The van der Waals surface area contributed by atoms with Gasteiger partial charge in [0.05, 0.1) is 11.4 Å². The standard InChI is InChI=1S/C35H40N4O2/c40-34(36-32-16-6-12-28-10-1-3-14-30(28)32)38-22-18-26(19-23-38)8-5-9-27-20-24-39(25-21-27)35(41)37-33-17-7-13-29-11-2-4-15-31(29)33/h1-4,6-7,10-17,26-27H,5,8-9,18-25H2,(H,36,40)(H,37,41). The number of fused-ring (bicyclic) bond motifs is 2. The first-order valence-electron chi connectivity index (χ1n) is 15.2. The molecular weight excluding hydrogens is 508 g/mol. The van der Waals surface area contributed by atoms with E-state index in [1.165, 1.54) is 19.3 Å². The third kappa shape index (κ3) is 6.48. The average molecular weight is 549 g/mol. The van der Waals surface area contributed by atoms with Gasteiger partial charge < -0.3 is 20.4 Å². The van der Waals surface area contributed by atoms with Crippen LogP contribution in [0, 0.1) is 11.8 Å². The van der Waals surface area contributed by atoms with Crippen LogP contribution in [0.4, 0.5) is 21.0 Å². The molecule has 2 heterocycles. The second-order valence-corrected chi connectivity index (χ2v) is 11.7. The molecule has 2 saturated heterocycles. The molecule has 0 aromatic heterocycles. The van der Waals surface area contributed by atoms with Crippen molar-refractivity contribution in [2.75, 3.05) is 36.8 Å². The minimum Gasteiger partial charge on any atom is -0.325 e. The second-order valence-electron chi connectivity index (χ2n) is 11.7. The molecule has 4 amide bonds. The number of rotatable bonds is 6. The van der Waals surface area contributed by atoms with Crippen molar-refractivity contribution >= 4 is 45.0 Å². The van der Waals surface area contributed by atoms with Gasteiger partial charge in [-0.15, -0.1) is 0 Å². The van der Waals surface area contributed by atoms with Crippen molar-refractivity contribution in [1.82, 2.24) is 9.80 Å². The van der Waals surface area contributed by atoms with Gasteiger partial charge in [-0.2, -0.15) is 0 Å². The highest BCUT2D eigenvalue weighted by molar-refractivity contribution is 6.02. The number of amides is 4. The molecule has 0 bridgehead atoms. The first kappa shape index (κ1) is 27.1. The Morgan fingerprint density at radius 2 is 0.951 bits per heavy atom. The van der Waals surface area contributed by atoms with Gasteiger partial charge in [-0.1, -0.05) is 92.1 Å². The van der Waals surface area contributed by atoms with Crippen molar-refractivity contribution in [3.63, 3.8) is 0 Å². The molecule has 2 N–H and O–H groups in total. The molecule has 0 radical (unpaired) electrons. The highest BCUT2D eigenvalue weighted by atomic mass is 16.2. The van der Waals surface area contributed by atoms with E-state index in [2.05, 4.69) is 47.0 Å². The molecular formula is C35H40N4O2. The Labute approximate surface area is 242 Å². The number of urea groups is 2. The van der Waals surface area contributed by atoms with Crippen LogP contribution >= 0.6 is 0 Å². The fourth-order valence-corrected chi connectivity index (χ4v) is 6.60. The lowest BCUT2D eigenvalue weighted by molar-refractivity contribution is 0.170. The number of anilines is 2. The van der Waals surface area contributed by atoms with Crippen molar-refractivity contribution in [3.8, 4) is 0 Å². The fourth-order valence-electron chi connectivity index (χ4n) is 6.60. The number of nitrogens with one attached hydrogen (secondary N) is 2. The minimum absolute atomic E-state index is 0.0102. The van der Waals surface area contributed by atoms with Gasteiger partial charge in [-0.05, 0) is 60.4 Å². The summed E-state index contributed by atoms with van der Waals surface area (Å²) >= 11 is 0. The van der Waals surface area contributed by atoms with E-state index in [1.54, 1.807) is 0 Å². The van der Waals surface area contributed by atoms with Gasteiger partial charge in [-0.25, -0.2) is 9.59 Å². The van der Waals surface area contributed by atoms with Crippen LogP contribution in [0.5, 0.6) is 0 Å². The zero-order valence-electron chi connectivity index (χ0n) is 23.7. The van der Waals surface area contributed by atoms with E-state index in [4.69, 9.17) is 0 Å². The topological polar surface area (TPSA) is 64.7 Å². The summed E-state index contributed by atoms with van der Waals surface area (Å²) in [6.45, 7) is 3.30. The van der Waals surface area contributed by atoms with E-state index < -0.39 is 0 Å². The summed E-state index contributed by atoms with van der Waals surface area (Å²) in [5.41, 5.74) is 1.76. The van der Waals surface area contributed by atoms with Crippen LogP contribution in [-0.4, -0.2) is 48.0 Å². The molecule has 4 aromatic rings. The monoisotopic (exact) mass is 548 g/mol. The summed E-state index contributed by atoms with van der Waals surface area (Å²) in [6.07, 6.45) is 8.03. The average Bonchev–Trinajstić information content (AvgIpc) is 3.02. The molecule has 41 heavy (non-hydrogen) atoms. The minimum atomic E-state index is 0.0102. The number of carbonyl (C=O) groups is 2. The highest BCUT2D eigenvalue weighted by Gasteiger charge is 2.25. The summed E-state index contributed by atoms with van der Waals surface area (Å²) in [6, 6.07) is 28.4. The van der Waals surface area contributed by atoms with E-state index in [0.29, 0.717) is 11.8 Å². The van der Waals surface area contributed by atoms with Crippen LogP contribution in [0.2, 0.25) is 0 Å². The quantitative estimate of drug-likeness (QED) is 0.254. The third-order valence-corrected chi connectivity index (χ3v) is 9.09. The number of hydrogen-bond acceptors (Lipinski definition) is 2. The number of benzene rings is 4. The SMILES string of the molecule is O=C(Nc1cccc2ccccc12)N1CCC(CCCC2CCN(C(=O)Nc3cccc4ccccc34)CC2)CC1. The van der Waals surface area contributed by atoms with Crippen molar-refractivity contribution < 1.29 is 9.59 Å². The molecule has 0 atom stereocenters. The van der Waals surface area contributed by atoms with E-state index in [0.717, 1.165) is 84.8 Å². The Morgan fingerprint density at radius 3 is 1.39 bits per heavy atom. The summed E-state index contributed by atoms with van der Waals surface area (Å²) in [5.74, 6) is 1.39. The summed E-state index contributed by atoms with van der Waals surface area (Å²) in [4.78, 5) is 29.8. The van der Waals surface area contributed by atoms with Gasteiger partial charge >= 0.3 is 12.1 Å². The molecule has 212 valence electrons. The molecule has 0 unspecified atom stereocenters. The maximum Gasteiger partial charge on any atom is 0.321 e. The van der Waals surface area contributed by atoms with Crippen molar-refractivity contribution in [1.29, 1.82) is 0 Å². The number of hydrogen-bond donors (Lipinski definition) is 2. The van der Waals surface area contributed by atoms with E-state index in [1.807, 2.05) is 58.3 Å². The van der Waals surface area contributed by atoms with E-state index >= 15 is 0 Å². The van der Waals surface area contributed by atoms with Gasteiger partial charge in [0.1, 0.15) is 0 Å². The van der Waals surface area contributed by atoms with E-state index in [-0.39, 0.29) is 12.1 Å². The fraction of sp³-hybridized carbons (Fsp3) is 0.371. The Balaban J connectivity index is 0.894. The molecule has 6 rings (SSSR count). The van der Waals surface area contributed by atoms with E-state index in [9.17, 15) is 9.59 Å². The Hall–Kier alpha value is -4.06. The summed E-state index contributed by atoms with van der Waals surface area (Å²) < 4.78 is 0. The Kier molecular flexibility index (Phi) is 8.36. The van der Waals surface area contributed by atoms with Crippen molar-refractivity contribution in [2.45, 2.75) is 44.9 Å². The lowest BCUT2D eigenvalue weighted by atomic mass is 9.87. The smallest absolute Gasteiger partial charge is 0.321 e. The Morgan fingerprint density at radius 1 is 0.561 bits per heavy atom. The van der Waals surface area contributed by atoms with Gasteiger partial charge in [0.25, 0.3) is 0 Å². The molecule has 0 aliphatic carbocycles. The number of likely N-dealkylation sites (tertiary alicyclic amines) is 2. The number of piperidine rings is 2. The molecule has 6 nitrogen and oxygen atoms in total. The van der Waals surface area contributed by atoms with Crippen LogP contribution in [-0.2, 0) is 0 Å². The number of nitrogens with zero attached hydrogens (tertiary/aromatic N) is 2. The van der Waals surface area contributed by atoms with Crippen molar-refractivity contribution in [2.24, 2.45) is 11.8 Å². The zero-order chi connectivity index (χ0) is 28.0. The zero-order valence-corrected chi connectivity index (χ0v) is 23.7. The number of carbonyl (C=O) groups excluding carboxylic acids is 2. The van der Waals surface area contributed by atoms with Gasteiger partial charge in [-0.3, -0.25) is 0 Å². The molecule has 2 aliphatic rings. The van der Waals surface area contributed by atoms with Crippen LogP contribution in [0.25, 0.3) is 21.5 Å². The van der Waals surface area contributed by atoms with Gasteiger partial charge in [0, 0.05) is 37.0 Å². The van der Waals surface area contributed by atoms with Gasteiger partial charge in [0.15, 0.2) is 0 Å². The van der Waals surface area contributed by atoms with Crippen LogP contribution in [0.15, 0.2) is 84.9 Å². The lowest BCUT2D eigenvalue weighted by Crippen LogP contribution is -2.41. The highest BCUT2D eigenvalue weighted by Crippen LogP contribution is 2.29. The van der Waals surface area contributed by atoms with Crippen molar-refractivity contribution in [3.05, 3.63) is 84.9 Å². The van der Waals surface area contributed by atoms with Crippen LogP contribution in [0.3, 0.4) is 0 Å². The lowest BCUT2D eigenvalue weighted by Gasteiger charge is -2.34. The molecule has 4 aromatic carbocycles. The summed E-state index contributed by atoms with van der Waals surface area (Å²) in [7, 11) is 0. The van der Waals surface area contributed by atoms with Gasteiger partial charge in [0.2, 0.25) is 0 Å². The molecule has 2 aliphatic heterocycles. The first-order chi connectivity index (χ1) is 20.1. The Bertz CT molecular complexity index is 1380. The predicted octanol–water partition coefficient (Wildman–Crippen LogP) is 8.35.